The Bertz CT molecular complexity index is 939. The second-order valence-corrected chi connectivity index (χ2v) is 9.27. The highest BCUT2D eigenvalue weighted by atomic mass is 16.5. The van der Waals surface area contributed by atoms with Crippen LogP contribution in [0.3, 0.4) is 0 Å². The number of anilines is 1. The molecule has 4 rings (SSSR count). The molecule has 180 valence electrons. The zero-order valence-corrected chi connectivity index (χ0v) is 19.5. The first-order chi connectivity index (χ1) is 16.0. The van der Waals surface area contributed by atoms with Crippen molar-refractivity contribution in [2.24, 2.45) is 5.92 Å². The van der Waals surface area contributed by atoms with E-state index < -0.39 is 6.04 Å². The molecule has 1 saturated carbocycles. The van der Waals surface area contributed by atoms with Crippen molar-refractivity contribution < 1.29 is 23.4 Å². The van der Waals surface area contributed by atoms with Crippen molar-refractivity contribution in [1.29, 1.82) is 0 Å². The summed E-state index contributed by atoms with van der Waals surface area (Å²) in [6.45, 7) is 5.04. The van der Waals surface area contributed by atoms with Gasteiger partial charge >= 0.3 is 0 Å². The minimum Gasteiger partial charge on any atom is -0.381 e. The van der Waals surface area contributed by atoms with E-state index in [1.165, 1.54) is 12.7 Å². The Hall–Kier alpha value is -2.68. The molecule has 0 aromatic carbocycles. The molecule has 3 heterocycles. The molecule has 2 fully saturated rings. The Morgan fingerprint density at radius 3 is 2.36 bits per heavy atom. The maximum atomic E-state index is 13.5. The Morgan fingerprint density at radius 1 is 1.00 bits per heavy atom. The molecular formula is C24H34N4O5. The lowest BCUT2D eigenvalue weighted by molar-refractivity contribution is -0.119. The first kappa shape index (κ1) is 23.5. The van der Waals surface area contributed by atoms with Crippen molar-refractivity contribution in [2.75, 3.05) is 18.5 Å². The molecular weight excluding hydrogens is 424 g/mol. The summed E-state index contributed by atoms with van der Waals surface area (Å²) < 4.78 is 15.9. The zero-order chi connectivity index (χ0) is 23.2. The number of carbonyl (C=O) groups excluding carboxylic acids is 2. The fourth-order valence-electron chi connectivity index (χ4n) is 4.95. The summed E-state index contributed by atoms with van der Waals surface area (Å²) in [4.78, 5) is 26.4. The van der Waals surface area contributed by atoms with E-state index in [1.54, 1.807) is 6.92 Å². The Balaban J connectivity index is 1.51. The smallest absolute Gasteiger partial charge is 0.257 e. The van der Waals surface area contributed by atoms with Gasteiger partial charge in [0.25, 0.3) is 5.91 Å². The van der Waals surface area contributed by atoms with Gasteiger partial charge in [-0.3, -0.25) is 14.9 Å². The van der Waals surface area contributed by atoms with Crippen LogP contribution in [0.4, 0.5) is 5.88 Å². The second-order valence-electron chi connectivity index (χ2n) is 9.27. The molecule has 2 N–H and O–H groups in total. The quantitative estimate of drug-likeness (QED) is 0.663. The molecule has 9 nitrogen and oxygen atoms in total. The molecule has 2 amide bonds. The third-order valence-electron chi connectivity index (χ3n) is 6.99. The van der Waals surface area contributed by atoms with Gasteiger partial charge in [0.2, 0.25) is 11.8 Å². The standard InChI is InChI=1S/C24H34N4O5/c1-15-20(18-10-12-31-13-11-18)28-33-24(15)26-23(30)21(17-8-6-4-3-5-7-9-17)25-22(29)19-14-32-27-16(19)2/h14,17-18,21H,3-13H2,1-2H3,(H,25,29)(H,26,30). The van der Waals surface area contributed by atoms with Gasteiger partial charge in [-0.1, -0.05) is 42.4 Å². The molecule has 2 aromatic rings. The van der Waals surface area contributed by atoms with Crippen LogP contribution in [0.2, 0.25) is 0 Å². The highest BCUT2D eigenvalue weighted by Gasteiger charge is 2.33. The maximum absolute atomic E-state index is 13.5. The first-order valence-electron chi connectivity index (χ1n) is 12.1. The number of carbonyl (C=O) groups is 2. The third kappa shape index (κ3) is 5.63. The number of aromatic nitrogens is 2. The summed E-state index contributed by atoms with van der Waals surface area (Å²) in [5.41, 5.74) is 2.56. The molecule has 1 saturated heterocycles. The fraction of sp³-hybridized carbons (Fsp3) is 0.667. The van der Waals surface area contributed by atoms with Gasteiger partial charge in [-0.2, -0.15) is 0 Å². The molecule has 9 heteroatoms. The van der Waals surface area contributed by atoms with Gasteiger partial charge in [0, 0.05) is 24.7 Å². The summed E-state index contributed by atoms with van der Waals surface area (Å²) in [5.74, 6) is 0.0418. The van der Waals surface area contributed by atoms with Crippen molar-refractivity contribution in [3.63, 3.8) is 0 Å². The number of hydrogen-bond donors (Lipinski definition) is 2. The predicted octanol–water partition coefficient (Wildman–Crippen LogP) is 4.27. The molecule has 1 unspecified atom stereocenters. The minimum absolute atomic E-state index is 0.0487. The number of aryl methyl sites for hydroxylation is 1. The molecule has 2 aromatic heterocycles. The van der Waals surface area contributed by atoms with E-state index >= 15 is 0 Å². The number of amides is 2. The van der Waals surface area contributed by atoms with E-state index in [9.17, 15) is 9.59 Å². The van der Waals surface area contributed by atoms with Crippen LogP contribution in [0, 0.1) is 19.8 Å². The Labute approximate surface area is 194 Å². The van der Waals surface area contributed by atoms with E-state index in [4.69, 9.17) is 13.8 Å². The number of nitrogens with zero attached hydrogens (tertiary/aromatic N) is 2. The molecule has 1 aliphatic carbocycles. The summed E-state index contributed by atoms with van der Waals surface area (Å²) in [5, 5.41) is 13.9. The summed E-state index contributed by atoms with van der Waals surface area (Å²) >= 11 is 0. The van der Waals surface area contributed by atoms with Gasteiger partial charge in [-0.25, -0.2) is 0 Å². The lowest BCUT2D eigenvalue weighted by Crippen LogP contribution is -2.48. The summed E-state index contributed by atoms with van der Waals surface area (Å²) in [7, 11) is 0. The number of rotatable bonds is 6. The van der Waals surface area contributed by atoms with E-state index in [2.05, 4.69) is 20.9 Å². The van der Waals surface area contributed by atoms with Crippen molar-refractivity contribution >= 4 is 17.7 Å². The highest BCUT2D eigenvalue weighted by molar-refractivity contribution is 6.01. The van der Waals surface area contributed by atoms with Gasteiger partial charge in [0.15, 0.2) is 0 Å². The first-order valence-corrected chi connectivity index (χ1v) is 12.1. The van der Waals surface area contributed by atoms with E-state index in [1.807, 2.05) is 6.92 Å². The average molecular weight is 459 g/mol. The second kappa shape index (κ2) is 11.0. The van der Waals surface area contributed by atoms with E-state index in [-0.39, 0.29) is 23.7 Å². The topological polar surface area (TPSA) is 119 Å². The lowest BCUT2D eigenvalue weighted by atomic mass is 9.85. The SMILES string of the molecule is Cc1nocc1C(=O)NC(C(=O)Nc1onc(C2CCOCC2)c1C)C1CCCCCCC1. The van der Waals surface area contributed by atoms with Gasteiger partial charge in [0.05, 0.1) is 11.4 Å². The summed E-state index contributed by atoms with van der Waals surface area (Å²) in [6, 6.07) is -0.680. The number of ether oxygens (including phenoxy) is 1. The largest absolute Gasteiger partial charge is 0.381 e. The van der Waals surface area contributed by atoms with Gasteiger partial charge in [-0.15, -0.1) is 0 Å². The molecule has 0 spiro atoms. The van der Waals surface area contributed by atoms with Crippen LogP contribution in [0.5, 0.6) is 0 Å². The lowest BCUT2D eigenvalue weighted by Gasteiger charge is -2.28. The number of hydrogen-bond acceptors (Lipinski definition) is 7. The third-order valence-corrected chi connectivity index (χ3v) is 6.99. The monoisotopic (exact) mass is 458 g/mol. The van der Waals surface area contributed by atoms with Crippen molar-refractivity contribution in [1.82, 2.24) is 15.6 Å². The molecule has 33 heavy (non-hydrogen) atoms. The summed E-state index contributed by atoms with van der Waals surface area (Å²) in [6.07, 6.45) is 10.5. The van der Waals surface area contributed by atoms with Crippen molar-refractivity contribution in [3.8, 4) is 0 Å². The normalized spacial score (nSPS) is 19.5. The fourth-order valence-corrected chi connectivity index (χ4v) is 4.95. The molecule has 2 aliphatic rings. The van der Waals surface area contributed by atoms with E-state index in [0.29, 0.717) is 30.4 Å². The van der Waals surface area contributed by atoms with Gasteiger partial charge in [-0.05, 0) is 45.4 Å². The molecule has 0 radical (unpaired) electrons. The van der Waals surface area contributed by atoms with E-state index in [0.717, 1.165) is 62.6 Å². The average Bonchev–Trinajstić information content (AvgIpc) is 3.38. The van der Waals surface area contributed by atoms with Gasteiger partial charge < -0.3 is 19.1 Å². The number of nitrogens with one attached hydrogen (secondary N) is 2. The molecule has 0 bridgehead atoms. The maximum Gasteiger partial charge on any atom is 0.257 e. The van der Waals surface area contributed by atoms with Crippen LogP contribution < -0.4 is 10.6 Å². The highest BCUT2D eigenvalue weighted by Crippen LogP contribution is 2.32. The van der Waals surface area contributed by atoms with Crippen LogP contribution >= 0.6 is 0 Å². The Kier molecular flexibility index (Phi) is 7.80. The predicted molar refractivity (Wildman–Crippen MR) is 121 cm³/mol. The zero-order valence-electron chi connectivity index (χ0n) is 19.5. The van der Waals surface area contributed by atoms with Crippen LogP contribution in [0.1, 0.15) is 91.0 Å². The molecule has 1 aliphatic heterocycles. The van der Waals surface area contributed by atoms with Gasteiger partial charge in [0.1, 0.15) is 17.9 Å². The molecule has 1 atom stereocenters. The van der Waals surface area contributed by atoms with Crippen LogP contribution in [-0.4, -0.2) is 41.4 Å². The minimum atomic E-state index is -0.680. The van der Waals surface area contributed by atoms with Crippen LogP contribution in [0.15, 0.2) is 15.3 Å². The Morgan fingerprint density at radius 2 is 1.70 bits per heavy atom. The van der Waals surface area contributed by atoms with Crippen LogP contribution in [-0.2, 0) is 9.53 Å². The van der Waals surface area contributed by atoms with Crippen molar-refractivity contribution in [2.45, 2.75) is 83.6 Å². The van der Waals surface area contributed by atoms with Crippen LogP contribution in [0.25, 0.3) is 0 Å². The van der Waals surface area contributed by atoms with Crippen molar-refractivity contribution in [3.05, 3.63) is 28.8 Å².